The molecule has 1 aromatic rings. The van der Waals surface area contributed by atoms with E-state index in [2.05, 4.69) is 22.0 Å². The molecule has 0 amide bonds. The summed E-state index contributed by atoms with van der Waals surface area (Å²) in [5.74, 6) is 0. The molecule has 2 heterocycles. The van der Waals surface area contributed by atoms with Crippen LogP contribution in [0.25, 0.3) is 0 Å². The first-order valence-corrected chi connectivity index (χ1v) is 6.68. The second kappa shape index (κ2) is 6.12. The molecule has 3 heteroatoms. The molecule has 17 heavy (non-hydrogen) atoms. The van der Waals surface area contributed by atoms with Crippen LogP contribution in [-0.4, -0.2) is 29.5 Å². The SMILES string of the molecule is Cc1ccc(C(CN)N2CCCCCC2)cn1. The molecule has 1 atom stereocenters. The van der Waals surface area contributed by atoms with Crippen molar-refractivity contribution in [2.45, 2.75) is 38.6 Å². The molecular formula is C14H23N3. The van der Waals surface area contributed by atoms with E-state index >= 15 is 0 Å². The molecular weight excluding hydrogens is 210 g/mol. The molecule has 1 aliphatic heterocycles. The zero-order chi connectivity index (χ0) is 12.1. The number of nitrogens with zero attached hydrogens (tertiary/aromatic N) is 2. The number of pyridine rings is 1. The van der Waals surface area contributed by atoms with E-state index in [0.717, 1.165) is 5.69 Å². The highest BCUT2D eigenvalue weighted by Gasteiger charge is 2.20. The fourth-order valence-corrected chi connectivity index (χ4v) is 2.58. The summed E-state index contributed by atoms with van der Waals surface area (Å²) in [6.07, 6.45) is 7.31. The Balaban J connectivity index is 2.11. The monoisotopic (exact) mass is 233 g/mol. The predicted molar refractivity (Wildman–Crippen MR) is 70.8 cm³/mol. The first-order valence-electron chi connectivity index (χ1n) is 6.68. The molecule has 1 aliphatic rings. The van der Waals surface area contributed by atoms with Gasteiger partial charge in [0.2, 0.25) is 0 Å². The molecule has 1 saturated heterocycles. The van der Waals surface area contributed by atoms with Crippen LogP contribution in [-0.2, 0) is 0 Å². The quantitative estimate of drug-likeness (QED) is 0.871. The molecule has 3 nitrogen and oxygen atoms in total. The van der Waals surface area contributed by atoms with Gasteiger partial charge in [-0.2, -0.15) is 0 Å². The van der Waals surface area contributed by atoms with E-state index in [1.54, 1.807) is 0 Å². The van der Waals surface area contributed by atoms with Crippen LogP contribution >= 0.6 is 0 Å². The Morgan fingerprint density at radius 1 is 1.24 bits per heavy atom. The van der Waals surface area contributed by atoms with Gasteiger partial charge < -0.3 is 5.73 Å². The first kappa shape index (κ1) is 12.5. The zero-order valence-corrected chi connectivity index (χ0v) is 10.7. The Morgan fingerprint density at radius 3 is 2.47 bits per heavy atom. The Bertz CT molecular complexity index is 326. The van der Waals surface area contributed by atoms with Gasteiger partial charge in [0, 0.05) is 24.5 Å². The molecule has 0 bridgehead atoms. The van der Waals surface area contributed by atoms with Crippen LogP contribution in [0.15, 0.2) is 18.3 Å². The van der Waals surface area contributed by atoms with Gasteiger partial charge in [0.1, 0.15) is 0 Å². The number of aromatic nitrogens is 1. The molecule has 1 fully saturated rings. The standard InChI is InChI=1S/C14H23N3/c1-12-6-7-13(11-16-12)14(10-15)17-8-4-2-3-5-9-17/h6-7,11,14H,2-5,8-10,15H2,1H3. The smallest absolute Gasteiger partial charge is 0.0485 e. The maximum atomic E-state index is 5.96. The maximum absolute atomic E-state index is 5.96. The van der Waals surface area contributed by atoms with Crippen LogP contribution in [0.1, 0.15) is 43.0 Å². The number of hydrogen-bond donors (Lipinski definition) is 1. The molecule has 0 aromatic carbocycles. The van der Waals surface area contributed by atoms with Gasteiger partial charge in [0.25, 0.3) is 0 Å². The summed E-state index contributed by atoms with van der Waals surface area (Å²) < 4.78 is 0. The van der Waals surface area contributed by atoms with Gasteiger partial charge in [-0.25, -0.2) is 0 Å². The van der Waals surface area contributed by atoms with Crippen LogP contribution in [0.5, 0.6) is 0 Å². The second-order valence-electron chi connectivity index (χ2n) is 4.93. The highest BCUT2D eigenvalue weighted by Crippen LogP contribution is 2.22. The maximum Gasteiger partial charge on any atom is 0.0485 e. The van der Waals surface area contributed by atoms with Gasteiger partial charge in [-0.1, -0.05) is 18.9 Å². The summed E-state index contributed by atoms with van der Waals surface area (Å²) in [7, 11) is 0. The molecule has 0 radical (unpaired) electrons. The van der Waals surface area contributed by atoms with Crippen LogP contribution in [0, 0.1) is 6.92 Å². The first-order chi connectivity index (χ1) is 8.31. The van der Waals surface area contributed by atoms with Gasteiger partial charge in [-0.05, 0) is 44.5 Å². The van der Waals surface area contributed by atoms with Crippen LogP contribution in [0.4, 0.5) is 0 Å². The van der Waals surface area contributed by atoms with E-state index in [9.17, 15) is 0 Å². The number of rotatable bonds is 3. The molecule has 1 unspecified atom stereocenters. The van der Waals surface area contributed by atoms with E-state index in [1.807, 2.05) is 13.1 Å². The minimum Gasteiger partial charge on any atom is -0.329 e. The Hall–Kier alpha value is -0.930. The van der Waals surface area contributed by atoms with Crippen LogP contribution in [0.2, 0.25) is 0 Å². The Morgan fingerprint density at radius 2 is 1.94 bits per heavy atom. The molecule has 2 rings (SSSR count). The normalized spacial score (nSPS) is 19.9. The Labute approximate surface area is 104 Å². The summed E-state index contributed by atoms with van der Waals surface area (Å²) in [5, 5.41) is 0. The number of likely N-dealkylation sites (tertiary alicyclic amines) is 1. The molecule has 94 valence electrons. The lowest BCUT2D eigenvalue weighted by atomic mass is 10.1. The van der Waals surface area contributed by atoms with Crippen molar-refractivity contribution in [3.8, 4) is 0 Å². The molecule has 0 aliphatic carbocycles. The van der Waals surface area contributed by atoms with Crippen molar-refractivity contribution < 1.29 is 0 Å². The van der Waals surface area contributed by atoms with Crippen molar-refractivity contribution in [1.29, 1.82) is 0 Å². The van der Waals surface area contributed by atoms with Gasteiger partial charge >= 0.3 is 0 Å². The van der Waals surface area contributed by atoms with E-state index in [1.165, 1.54) is 44.3 Å². The van der Waals surface area contributed by atoms with Gasteiger partial charge in [-0.3, -0.25) is 9.88 Å². The lowest BCUT2D eigenvalue weighted by molar-refractivity contribution is 0.209. The molecule has 0 saturated carbocycles. The van der Waals surface area contributed by atoms with Crippen molar-refractivity contribution in [2.24, 2.45) is 5.73 Å². The minimum absolute atomic E-state index is 0.348. The van der Waals surface area contributed by atoms with Crippen molar-refractivity contribution >= 4 is 0 Å². The topological polar surface area (TPSA) is 42.1 Å². The van der Waals surface area contributed by atoms with E-state index in [0.29, 0.717) is 12.6 Å². The summed E-state index contributed by atoms with van der Waals surface area (Å²) in [6, 6.07) is 4.60. The molecule has 1 aromatic heterocycles. The van der Waals surface area contributed by atoms with Gasteiger partial charge in [-0.15, -0.1) is 0 Å². The minimum atomic E-state index is 0.348. The summed E-state index contributed by atoms with van der Waals surface area (Å²) >= 11 is 0. The second-order valence-corrected chi connectivity index (χ2v) is 4.93. The third kappa shape index (κ3) is 3.27. The van der Waals surface area contributed by atoms with Crippen molar-refractivity contribution in [1.82, 2.24) is 9.88 Å². The largest absolute Gasteiger partial charge is 0.329 e. The van der Waals surface area contributed by atoms with Gasteiger partial charge in [0.15, 0.2) is 0 Å². The highest BCUT2D eigenvalue weighted by molar-refractivity contribution is 5.17. The highest BCUT2D eigenvalue weighted by atomic mass is 15.2. The molecule has 0 spiro atoms. The predicted octanol–water partition coefficient (Wildman–Crippen LogP) is 2.27. The van der Waals surface area contributed by atoms with Crippen molar-refractivity contribution in [2.75, 3.05) is 19.6 Å². The third-order valence-electron chi connectivity index (χ3n) is 3.62. The fraction of sp³-hybridized carbons (Fsp3) is 0.643. The van der Waals surface area contributed by atoms with E-state index in [4.69, 9.17) is 5.73 Å². The number of nitrogens with two attached hydrogens (primary N) is 1. The zero-order valence-electron chi connectivity index (χ0n) is 10.7. The van der Waals surface area contributed by atoms with E-state index < -0.39 is 0 Å². The number of hydrogen-bond acceptors (Lipinski definition) is 3. The van der Waals surface area contributed by atoms with Crippen LogP contribution in [0.3, 0.4) is 0 Å². The number of aryl methyl sites for hydroxylation is 1. The average Bonchev–Trinajstić information content (AvgIpc) is 2.62. The van der Waals surface area contributed by atoms with Crippen LogP contribution < -0.4 is 5.73 Å². The summed E-state index contributed by atoms with van der Waals surface area (Å²) in [5.41, 5.74) is 8.29. The van der Waals surface area contributed by atoms with E-state index in [-0.39, 0.29) is 0 Å². The average molecular weight is 233 g/mol. The third-order valence-corrected chi connectivity index (χ3v) is 3.62. The summed E-state index contributed by atoms with van der Waals surface area (Å²) in [6.45, 7) is 5.06. The lowest BCUT2D eigenvalue weighted by Crippen LogP contribution is -2.34. The fourth-order valence-electron chi connectivity index (χ4n) is 2.58. The van der Waals surface area contributed by atoms with Crippen molar-refractivity contribution in [3.63, 3.8) is 0 Å². The summed E-state index contributed by atoms with van der Waals surface area (Å²) in [4.78, 5) is 6.91. The Kier molecular flexibility index (Phi) is 4.51. The van der Waals surface area contributed by atoms with Crippen molar-refractivity contribution in [3.05, 3.63) is 29.6 Å². The lowest BCUT2D eigenvalue weighted by Gasteiger charge is -2.29. The van der Waals surface area contributed by atoms with Gasteiger partial charge in [0.05, 0.1) is 0 Å². The molecule has 2 N–H and O–H groups in total.